The van der Waals surface area contributed by atoms with Crippen molar-refractivity contribution in [2.75, 3.05) is 11.9 Å². The number of primary amides is 1. The van der Waals surface area contributed by atoms with Crippen molar-refractivity contribution in [2.24, 2.45) is 11.7 Å². The van der Waals surface area contributed by atoms with Gasteiger partial charge in [0, 0.05) is 12.7 Å². The van der Waals surface area contributed by atoms with Crippen LogP contribution in [0.5, 0.6) is 0 Å². The van der Waals surface area contributed by atoms with Crippen molar-refractivity contribution in [1.82, 2.24) is 4.98 Å². The standard InChI is InChI=1S/C13H19N3O2/c14-13(18)10-3-6-12(16-8-10)15-7-9-1-4-11(17)5-2-9/h3,6,8-9,11,17H,1-2,4-5,7H2,(H2,14,18)(H,15,16). The molecule has 1 aromatic heterocycles. The molecule has 2 rings (SSSR count). The molecule has 0 unspecified atom stereocenters. The zero-order valence-electron chi connectivity index (χ0n) is 10.3. The quantitative estimate of drug-likeness (QED) is 0.746. The lowest BCUT2D eigenvalue weighted by Crippen LogP contribution is -2.23. The fraction of sp³-hybridized carbons (Fsp3) is 0.538. The lowest BCUT2D eigenvalue weighted by Gasteiger charge is -2.25. The molecule has 5 nitrogen and oxygen atoms in total. The number of aliphatic hydroxyl groups excluding tert-OH is 1. The van der Waals surface area contributed by atoms with Crippen molar-refractivity contribution >= 4 is 11.7 Å². The highest BCUT2D eigenvalue weighted by atomic mass is 16.3. The molecule has 1 aromatic rings. The summed E-state index contributed by atoms with van der Waals surface area (Å²) in [5, 5.41) is 12.7. The van der Waals surface area contributed by atoms with Crippen LogP contribution in [0, 0.1) is 5.92 Å². The Balaban J connectivity index is 1.81. The first-order chi connectivity index (χ1) is 8.65. The van der Waals surface area contributed by atoms with Crippen molar-refractivity contribution in [3.63, 3.8) is 0 Å². The van der Waals surface area contributed by atoms with Crippen LogP contribution in [0.15, 0.2) is 18.3 Å². The smallest absolute Gasteiger partial charge is 0.250 e. The highest BCUT2D eigenvalue weighted by Crippen LogP contribution is 2.24. The lowest BCUT2D eigenvalue weighted by molar-refractivity contribution is 0.1000. The third kappa shape index (κ3) is 3.43. The van der Waals surface area contributed by atoms with Crippen LogP contribution in [0.2, 0.25) is 0 Å². The molecule has 18 heavy (non-hydrogen) atoms. The number of aliphatic hydroxyl groups is 1. The third-order valence-electron chi connectivity index (χ3n) is 3.44. The summed E-state index contributed by atoms with van der Waals surface area (Å²) in [6.45, 7) is 0.857. The van der Waals surface area contributed by atoms with Gasteiger partial charge in [-0.2, -0.15) is 0 Å². The average molecular weight is 249 g/mol. The number of aromatic nitrogens is 1. The van der Waals surface area contributed by atoms with Gasteiger partial charge < -0.3 is 16.2 Å². The van der Waals surface area contributed by atoms with Gasteiger partial charge in [0.25, 0.3) is 0 Å². The fourth-order valence-corrected chi connectivity index (χ4v) is 2.24. The normalized spacial score (nSPS) is 23.6. The van der Waals surface area contributed by atoms with Gasteiger partial charge in [0.05, 0.1) is 11.7 Å². The van der Waals surface area contributed by atoms with Crippen LogP contribution in [0.4, 0.5) is 5.82 Å². The number of carbonyl (C=O) groups excluding carboxylic acids is 1. The van der Waals surface area contributed by atoms with Gasteiger partial charge in [-0.05, 0) is 43.7 Å². The number of hydrogen-bond acceptors (Lipinski definition) is 4. The molecule has 0 atom stereocenters. The predicted molar refractivity (Wildman–Crippen MR) is 69.2 cm³/mol. The van der Waals surface area contributed by atoms with Gasteiger partial charge in [-0.25, -0.2) is 4.98 Å². The van der Waals surface area contributed by atoms with Gasteiger partial charge in [-0.15, -0.1) is 0 Å². The van der Waals surface area contributed by atoms with Crippen LogP contribution in [0.3, 0.4) is 0 Å². The zero-order chi connectivity index (χ0) is 13.0. The molecule has 98 valence electrons. The van der Waals surface area contributed by atoms with Crippen molar-refractivity contribution in [3.05, 3.63) is 23.9 Å². The van der Waals surface area contributed by atoms with E-state index in [2.05, 4.69) is 10.3 Å². The number of amides is 1. The average Bonchev–Trinajstić information content (AvgIpc) is 2.38. The number of hydrogen-bond donors (Lipinski definition) is 3. The first-order valence-corrected chi connectivity index (χ1v) is 6.33. The predicted octanol–water partition coefficient (Wildman–Crippen LogP) is 1.14. The molecule has 1 fully saturated rings. The van der Waals surface area contributed by atoms with Crippen LogP contribution < -0.4 is 11.1 Å². The van der Waals surface area contributed by atoms with E-state index in [1.165, 1.54) is 6.20 Å². The van der Waals surface area contributed by atoms with E-state index >= 15 is 0 Å². The van der Waals surface area contributed by atoms with E-state index in [1.807, 2.05) is 0 Å². The second-order valence-corrected chi connectivity index (χ2v) is 4.85. The Morgan fingerprint density at radius 2 is 2.11 bits per heavy atom. The number of nitrogens with zero attached hydrogens (tertiary/aromatic N) is 1. The first kappa shape index (κ1) is 12.8. The molecular formula is C13H19N3O2. The Labute approximate surface area is 106 Å². The molecule has 1 aliphatic carbocycles. The van der Waals surface area contributed by atoms with Crippen molar-refractivity contribution < 1.29 is 9.90 Å². The van der Waals surface area contributed by atoms with Crippen LogP contribution in [0.25, 0.3) is 0 Å². The summed E-state index contributed by atoms with van der Waals surface area (Å²) < 4.78 is 0. The van der Waals surface area contributed by atoms with Gasteiger partial charge in [-0.3, -0.25) is 4.79 Å². The number of carbonyl (C=O) groups is 1. The molecule has 1 heterocycles. The van der Waals surface area contributed by atoms with E-state index in [1.54, 1.807) is 12.1 Å². The Bertz CT molecular complexity index is 397. The van der Waals surface area contributed by atoms with E-state index in [0.29, 0.717) is 11.5 Å². The topological polar surface area (TPSA) is 88.2 Å². The molecule has 0 saturated heterocycles. The summed E-state index contributed by atoms with van der Waals surface area (Å²) in [5.41, 5.74) is 5.56. The number of pyridine rings is 1. The minimum atomic E-state index is -0.463. The van der Waals surface area contributed by atoms with E-state index in [0.717, 1.165) is 38.0 Å². The molecule has 0 aliphatic heterocycles. The Hall–Kier alpha value is -1.62. The maximum Gasteiger partial charge on any atom is 0.250 e. The maximum absolute atomic E-state index is 10.9. The van der Waals surface area contributed by atoms with Gasteiger partial charge in [0.15, 0.2) is 0 Å². The molecule has 0 bridgehead atoms. The van der Waals surface area contributed by atoms with E-state index in [4.69, 9.17) is 5.73 Å². The summed E-state index contributed by atoms with van der Waals surface area (Å²) in [5.74, 6) is 0.882. The van der Waals surface area contributed by atoms with Gasteiger partial charge in [0.1, 0.15) is 5.82 Å². The zero-order valence-corrected chi connectivity index (χ0v) is 10.3. The van der Waals surface area contributed by atoms with E-state index < -0.39 is 5.91 Å². The summed E-state index contributed by atoms with van der Waals surface area (Å²) in [7, 11) is 0. The SMILES string of the molecule is NC(=O)c1ccc(NCC2CCC(O)CC2)nc1. The van der Waals surface area contributed by atoms with E-state index in [9.17, 15) is 9.90 Å². The molecule has 0 aromatic carbocycles. The number of rotatable bonds is 4. The van der Waals surface area contributed by atoms with Crippen LogP contribution >= 0.6 is 0 Å². The molecule has 0 spiro atoms. The maximum atomic E-state index is 10.9. The number of nitrogens with one attached hydrogen (secondary N) is 1. The third-order valence-corrected chi connectivity index (χ3v) is 3.44. The second-order valence-electron chi connectivity index (χ2n) is 4.85. The fourth-order valence-electron chi connectivity index (χ4n) is 2.24. The Morgan fingerprint density at radius 1 is 1.39 bits per heavy atom. The molecule has 1 aliphatic rings. The van der Waals surface area contributed by atoms with Crippen LogP contribution in [0.1, 0.15) is 36.0 Å². The Kier molecular flexibility index (Phi) is 4.15. The van der Waals surface area contributed by atoms with Gasteiger partial charge in [-0.1, -0.05) is 0 Å². The minimum Gasteiger partial charge on any atom is -0.393 e. The molecule has 4 N–H and O–H groups in total. The second kappa shape index (κ2) is 5.82. The summed E-state index contributed by atoms with van der Waals surface area (Å²) in [6.07, 6.45) is 5.24. The molecular weight excluding hydrogens is 230 g/mol. The van der Waals surface area contributed by atoms with Crippen LogP contribution in [-0.2, 0) is 0 Å². The highest BCUT2D eigenvalue weighted by molar-refractivity contribution is 5.92. The van der Waals surface area contributed by atoms with Crippen LogP contribution in [-0.4, -0.2) is 28.6 Å². The van der Waals surface area contributed by atoms with Crippen molar-refractivity contribution in [2.45, 2.75) is 31.8 Å². The largest absolute Gasteiger partial charge is 0.393 e. The summed E-state index contributed by atoms with van der Waals surface area (Å²) in [6, 6.07) is 3.43. The molecule has 1 saturated carbocycles. The minimum absolute atomic E-state index is 0.116. The summed E-state index contributed by atoms with van der Waals surface area (Å²) >= 11 is 0. The highest BCUT2D eigenvalue weighted by Gasteiger charge is 2.18. The monoisotopic (exact) mass is 249 g/mol. The molecule has 5 heteroatoms. The lowest BCUT2D eigenvalue weighted by atomic mass is 9.87. The number of anilines is 1. The van der Waals surface area contributed by atoms with Gasteiger partial charge >= 0.3 is 0 Å². The Morgan fingerprint density at radius 3 is 2.67 bits per heavy atom. The van der Waals surface area contributed by atoms with Crippen molar-refractivity contribution in [1.29, 1.82) is 0 Å². The van der Waals surface area contributed by atoms with E-state index in [-0.39, 0.29) is 6.10 Å². The molecule has 1 amide bonds. The van der Waals surface area contributed by atoms with Gasteiger partial charge in [0.2, 0.25) is 5.91 Å². The molecule has 0 radical (unpaired) electrons. The van der Waals surface area contributed by atoms with Crippen molar-refractivity contribution in [3.8, 4) is 0 Å². The summed E-state index contributed by atoms with van der Waals surface area (Å²) in [4.78, 5) is 15.0. The first-order valence-electron chi connectivity index (χ1n) is 6.33. The number of nitrogens with two attached hydrogens (primary N) is 1.